The van der Waals surface area contributed by atoms with E-state index in [4.69, 9.17) is 21.1 Å². The molecule has 0 N–H and O–H groups in total. The van der Waals surface area contributed by atoms with Crippen molar-refractivity contribution in [3.05, 3.63) is 11.5 Å². The average molecular weight is 246 g/mol. The molecular formula is C10H16ClN3O2. The highest BCUT2D eigenvalue weighted by Gasteiger charge is 2.15. The number of methoxy groups -OCH3 is 2. The van der Waals surface area contributed by atoms with Crippen molar-refractivity contribution in [2.75, 3.05) is 38.8 Å². The standard InChI is InChI=1S/C10H16ClN3O2/c1-4-14(5-6-15-2)10-8(16-3)9(11)12-7-13-10/h7H,4-6H2,1-3H3. The Kier molecular flexibility index (Phi) is 5.28. The van der Waals surface area contributed by atoms with Crippen molar-refractivity contribution >= 4 is 17.4 Å². The first-order valence-electron chi connectivity index (χ1n) is 5.03. The molecule has 0 aromatic carbocycles. The molecule has 0 atom stereocenters. The highest BCUT2D eigenvalue weighted by atomic mass is 35.5. The smallest absolute Gasteiger partial charge is 0.199 e. The Balaban J connectivity index is 2.94. The van der Waals surface area contributed by atoms with Crippen LogP contribution in [-0.2, 0) is 4.74 Å². The highest BCUT2D eigenvalue weighted by Crippen LogP contribution is 2.30. The van der Waals surface area contributed by atoms with Crippen LogP contribution in [0.5, 0.6) is 5.75 Å². The normalized spacial score (nSPS) is 10.2. The lowest BCUT2D eigenvalue weighted by Gasteiger charge is -2.23. The summed E-state index contributed by atoms with van der Waals surface area (Å²) in [6, 6.07) is 0. The summed E-state index contributed by atoms with van der Waals surface area (Å²) in [5, 5.41) is 0.323. The molecule has 6 heteroatoms. The van der Waals surface area contributed by atoms with Gasteiger partial charge in [-0.25, -0.2) is 9.97 Å². The van der Waals surface area contributed by atoms with Gasteiger partial charge < -0.3 is 14.4 Å². The molecule has 90 valence electrons. The summed E-state index contributed by atoms with van der Waals surface area (Å²) < 4.78 is 10.2. The number of hydrogen-bond acceptors (Lipinski definition) is 5. The molecule has 1 heterocycles. The van der Waals surface area contributed by atoms with Crippen molar-refractivity contribution in [3.8, 4) is 5.75 Å². The van der Waals surface area contributed by atoms with Gasteiger partial charge in [0.05, 0.1) is 13.7 Å². The SMILES string of the molecule is CCN(CCOC)c1ncnc(Cl)c1OC. The fourth-order valence-electron chi connectivity index (χ4n) is 1.36. The van der Waals surface area contributed by atoms with Crippen LogP contribution in [0.2, 0.25) is 5.15 Å². The predicted molar refractivity (Wildman–Crippen MR) is 63.4 cm³/mol. The lowest BCUT2D eigenvalue weighted by molar-refractivity contribution is 0.205. The minimum atomic E-state index is 0.323. The van der Waals surface area contributed by atoms with Gasteiger partial charge >= 0.3 is 0 Å². The Morgan fingerprint density at radius 1 is 1.38 bits per heavy atom. The maximum atomic E-state index is 5.93. The predicted octanol–water partition coefficient (Wildman–Crippen LogP) is 1.61. The van der Waals surface area contributed by atoms with Crippen LogP contribution >= 0.6 is 11.6 Å². The molecule has 1 aromatic heterocycles. The molecule has 5 nitrogen and oxygen atoms in total. The second-order valence-electron chi connectivity index (χ2n) is 3.09. The Labute approximate surface area is 100 Å². The average Bonchev–Trinajstić information content (AvgIpc) is 2.30. The molecule has 0 radical (unpaired) electrons. The monoisotopic (exact) mass is 245 g/mol. The van der Waals surface area contributed by atoms with Gasteiger partial charge in [0.25, 0.3) is 0 Å². The summed E-state index contributed by atoms with van der Waals surface area (Å²) in [6.45, 7) is 4.19. The van der Waals surface area contributed by atoms with Crippen molar-refractivity contribution in [3.63, 3.8) is 0 Å². The van der Waals surface area contributed by atoms with Gasteiger partial charge in [0.15, 0.2) is 16.7 Å². The van der Waals surface area contributed by atoms with Crippen LogP contribution in [0.4, 0.5) is 5.82 Å². The zero-order valence-electron chi connectivity index (χ0n) is 9.73. The van der Waals surface area contributed by atoms with Crippen LogP contribution in [0.15, 0.2) is 6.33 Å². The van der Waals surface area contributed by atoms with Crippen LogP contribution in [0, 0.1) is 0 Å². The van der Waals surface area contributed by atoms with Crippen LogP contribution in [-0.4, -0.2) is 43.9 Å². The van der Waals surface area contributed by atoms with Gasteiger partial charge in [0.1, 0.15) is 6.33 Å². The summed E-state index contributed by atoms with van der Waals surface area (Å²) in [5.74, 6) is 1.20. The fourth-order valence-corrected chi connectivity index (χ4v) is 1.57. The van der Waals surface area contributed by atoms with Gasteiger partial charge in [0.2, 0.25) is 0 Å². The third-order valence-electron chi connectivity index (χ3n) is 2.19. The van der Waals surface area contributed by atoms with Crippen LogP contribution in [0.3, 0.4) is 0 Å². The molecule has 0 aliphatic heterocycles. The van der Waals surface area contributed by atoms with Gasteiger partial charge in [-0.3, -0.25) is 0 Å². The molecule has 16 heavy (non-hydrogen) atoms. The number of anilines is 1. The molecular weight excluding hydrogens is 230 g/mol. The molecule has 0 aliphatic rings. The lowest BCUT2D eigenvalue weighted by Crippen LogP contribution is -2.28. The van der Waals surface area contributed by atoms with Gasteiger partial charge in [-0.1, -0.05) is 11.6 Å². The Hall–Kier alpha value is -1.07. The van der Waals surface area contributed by atoms with Crippen molar-refractivity contribution < 1.29 is 9.47 Å². The summed E-state index contributed by atoms with van der Waals surface area (Å²) >= 11 is 5.93. The molecule has 0 spiro atoms. The molecule has 0 aliphatic carbocycles. The molecule has 0 fully saturated rings. The van der Waals surface area contributed by atoms with E-state index >= 15 is 0 Å². The van der Waals surface area contributed by atoms with E-state index in [0.717, 1.165) is 13.1 Å². The van der Waals surface area contributed by atoms with E-state index in [1.807, 2.05) is 11.8 Å². The minimum Gasteiger partial charge on any atom is -0.490 e. The number of nitrogens with zero attached hydrogens (tertiary/aromatic N) is 3. The highest BCUT2D eigenvalue weighted by molar-refractivity contribution is 6.31. The third-order valence-corrected chi connectivity index (χ3v) is 2.46. The Bertz CT molecular complexity index is 336. The summed E-state index contributed by atoms with van der Waals surface area (Å²) in [5.41, 5.74) is 0. The maximum absolute atomic E-state index is 5.93. The minimum absolute atomic E-state index is 0.323. The number of ether oxygens (including phenoxy) is 2. The topological polar surface area (TPSA) is 47.5 Å². The van der Waals surface area contributed by atoms with E-state index in [1.165, 1.54) is 6.33 Å². The first-order valence-corrected chi connectivity index (χ1v) is 5.40. The zero-order chi connectivity index (χ0) is 12.0. The summed E-state index contributed by atoms with van der Waals surface area (Å²) in [4.78, 5) is 10.1. The van der Waals surface area contributed by atoms with E-state index in [9.17, 15) is 0 Å². The van der Waals surface area contributed by atoms with Crippen molar-refractivity contribution in [1.82, 2.24) is 9.97 Å². The second kappa shape index (κ2) is 6.50. The number of aromatic nitrogens is 2. The second-order valence-corrected chi connectivity index (χ2v) is 3.45. The maximum Gasteiger partial charge on any atom is 0.199 e. The van der Waals surface area contributed by atoms with Gasteiger partial charge in [0, 0.05) is 20.2 Å². The molecule has 1 rings (SSSR count). The molecule has 0 bridgehead atoms. The Morgan fingerprint density at radius 3 is 2.69 bits per heavy atom. The third kappa shape index (κ3) is 2.96. The van der Waals surface area contributed by atoms with E-state index in [0.29, 0.717) is 23.3 Å². The fraction of sp³-hybridized carbons (Fsp3) is 0.600. The van der Waals surface area contributed by atoms with E-state index in [1.54, 1.807) is 14.2 Å². The van der Waals surface area contributed by atoms with Gasteiger partial charge in [-0.15, -0.1) is 0 Å². The molecule has 0 saturated carbocycles. The van der Waals surface area contributed by atoms with Crippen molar-refractivity contribution in [2.24, 2.45) is 0 Å². The van der Waals surface area contributed by atoms with Crippen LogP contribution in [0.1, 0.15) is 6.92 Å². The van der Waals surface area contributed by atoms with Crippen LogP contribution < -0.4 is 9.64 Å². The number of likely N-dealkylation sites (N-methyl/N-ethyl adjacent to an activating group) is 1. The quantitative estimate of drug-likeness (QED) is 0.713. The van der Waals surface area contributed by atoms with Gasteiger partial charge in [-0.05, 0) is 6.92 Å². The van der Waals surface area contributed by atoms with Crippen molar-refractivity contribution in [2.45, 2.75) is 6.92 Å². The van der Waals surface area contributed by atoms with E-state index in [2.05, 4.69) is 9.97 Å². The Morgan fingerprint density at radius 2 is 2.12 bits per heavy atom. The number of rotatable bonds is 6. The molecule has 1 aromatic rings. The largest absolute Gasteiger partial charge is 0.490 e. The molecule has 0 unspecified atom stereocenters. The van der Waals surface area contributed by atoms with E-state index < -0.39 is 0 Å². The first-order chi connectivity index (χ1) is 7.74. The lowest BCUT2D eigenvalue weighted by atomic mass is 10.4. The zero-order valence-corrected chi connectivity index (χ0v) is 10.5. The number of halogens is 1. The van der Waals surface area contributed by atoms with Crippen LogP contribution in [0.25, 0.3) is 0 Å². The summed E-state index contributed by atoms with van der Waals surface area (Å²) in [7, 11) is 3.22. The van der Waals surface area contributed by atoms with Gasteiger partial charge in [-0.2, -0.15) is 0 Å². The summed E-state index contributed by atoms with van der Waals surface area (Å²) in [6.07, 6.45) is 1.43. The number of hydrogen-bond donors (Lipinski definition) is 0. The van der Waals surface area contributed by atoms with E-state index in [-0.39, 0.29) is 0 Å². The molecule has 0 amide bonds. The van der Waals surface area contributed by atoms with Crippen molar-refractivity contribution in [1.29, 1.82) is 0 Å². The first kappa shape index (κ1) is 13.0. The molecule has 0 saturated heterocycles.